The Bertz CT molecular complexity index is 237. The van der Waals surface area contributed by atoms with Crippen LogP contribution >= 0.6 is 0 Å². The molecule has 2 N–H and O–H groups in total. The van der Waals surface area contributed by atoms with Crippen molar-refractivity contribution in [2.75, 3.05) is 52.9 Å². The summed E-state index contributed by atoms with van der Waals surface area (Å²) in [7, 11) is 0. The first-order chi connectivity index (χ1) is 11.8. The number of carbonyl (C=O) groups excluding carboxylic acids is 1. The lowest BCUT2D eigenvalue weighted by Crippen LogP contribution is -2.10. The number of aliphatic hydroxyl groups excluding tert-OH is 2. The van der Waals surface area contributed by atoms with Crippen molar-refractivity contribution in [2.45, 2.75) is 51.4 Å². The fourth-order valence-electron chi connectivity index (χ4n) is 1.80. The van der Waals surface area contributed by atoms with Gasteiger partial charge in [-0.1, -0.05) is 0 Å². The van der Waals surface area contributed by atoms with Crippen molar-refractivity contribution in [3.63, 3.8) is 0 Å². The molecule has 0 saturated carbocycles. The standard InChI is InChI=1S/C17H34O7/c18-9-1-3-11-21-13-5-7-15-23-17(20)24-16-8-6-14-22-12-4-2-10-19/h18-19H,1-16H2. The maximum Gasteiger partial charge on any atom is 0.508 e. The van der Waals surface area contributed by atoms with Crippen LogP contribution in [-0.2, 0) is 18.9 Å². The molecule has 0 amide bonds. The molecule has 0 aliphatic heterocycles. The lowest BCUT2D eigenvalue weighted by atomic mass is 10.3. The van der Waals surface area contributed by atoms with Crippen LogP contribution in [0.25, 0.3) is 0 Å². The molecule has 0 bridgehead atoms. The minimum absolute atomic E-state index is 0.205. The third kappa shape index (κ3) is 19.2. The smallest absolute Gasteiger partial charge is 0.434 e. The Kier molecular flexibility index (Phi) is 19.4. The van der Waals surface area contributed by atoms with Gasteiger partial charge < -0.3 is 29.2 Å². The number of hydrogen-bond acceptors (Lipinski definition) is 7. The summed E-state index contributed by atoms with van der Waals surface area (Å²) in [6.07, 6.45) is 5.81. The molecule has 0 radical (unpaired) electrons. The van der Waals surface area contributed by atoms with Gasteiger partial charge in [-0.3, -0.25) is 0 Å². The fourth-order valence-corrected chi connectivity index (χ4v) is 1.80. The first-order valence-corrected chi connectivity index (χ1v) is 8.98. The van der Waals surface area contributed by atoms with Crippen LogP contribution in [0.4, 0.5) is 4.79 Å². The van der Waals surface area contributed by atoms with Gasteiger partial charge >= 0.3 is 6.16 Å². The minimum Gasteiger partial charge on any atom is -0.434 e. The maximum atomic E-state index is 11.3. The maximum absolute atomic E-state index is 11.3. The number of unbranched alkanes of at least 4 members (excludes halogenated alkanes) is 4. The summed E-state index contributed by atoms with van der Waals surface area (Å²) >= 11 is 0. The van der Waals surface area contributed by atoms with E-state index in [1.54, 1.807) is 0 Å². The van der Waals surface area contributed by atoms with E-state index in [9.17, 15) is 4.79 Å². The van der Waals surface area contributed by atoms with Crippen molar-refractivity contribution in [1.82, 2.24) is 0 Å². The van der Waals surface area contributed by atoms with E-state index in [0.717, 1.165) is 51.4 Å². The lowest BCUT2D eigenvalue weighted by molar-refractivity contribution is 0.0474. The molecular formula is C17H34O7. The Labute approximate surface area is 145 Å². The third-order valence-corrected chi connectivity index (χ3v) is 3.20. The van der Waals surface area contributed by atoms with Crippen molar-refractivity contribution in [3.8, 4) is 0 Å². The van der Waals surface area contributed by atoms with E-state index in [4.69, 9.17) is 29.2 Å². The molecule has 0 aromatic carbocycles. The molecule has 0 aromatic heterocycles. The number of carbonyl (C=O) groups is 1. The summed E-state index contributed by atoms with van der Waals surface area (Å²) in [4.78, 5) is 11.3. The van der Waals surface area contributed by atoms with Crippen molar-refractivity contribution < 1.29 is 34.0 Å². The Hall–Kier alpha value is -0.890. The second-order valence-corrected chi connectivity index (χ2v) is 5.45. The predicted octanol–water partition coefficient (Wildman–Crippen LogP) is 2.28. The molecule has 24 heavy (non-hydrogen) atoms. The topological polar surface area (TPSA) is 94.5 Å². The number of aliphatic hydroxyl groups is 2. The fraction of sp³-hybridized carbons (Fsp3) is 0.941. The second-order valence-electron chi connectivity index (χ2n) is 5.45. The summed E-state index contributed by atoms with van der Waals surface area (Å²) in [5, 5.41) is 17.2. The van der Waals surface area contributed by atoms with Gasteiger partial charge in [-0.25, -0.2) is 4.79 Å². The number of rotatable bonds is 18. The van der Waals surface area contributed by atoms with Gasteiger partial charge in [-0.15, -0.1) is 0 Å². The molecule has 0 atom stereocenters. The normalized spacial score (nSPS) is 10.8. The average molecular weight is 350 g/mol. The monoisotopic (exact) mass is 350 g/mol. The number of hydrogen-bond donors (Lipinski definition) is 2. The predicted molar refractivity (Wildman–Crippen MR) is 90.0 cm³/mol. The van der Waals surface area contributed by atoms with Crippen LogP contribution in [0.3, 0.4) is 0 Å². The van der Waals surface area contributed by atoms with Gasteiger partial charge in [0, 0.05) is 39.6 Å². The molecule has 0 heterocycles. The largest absolute Gasteiger partial charge is 0.508 e. The van der Waals surface area contributed by atoms with Crippen molar-refractivity contribution in [1.29, 1.82) is 0 Å². The van der Waals surface area contributed by atoms with Crippen LogP contribution < -0.4 is 0 Å². The molecule has 0 fully saturated rings. The van der Waals surface area contributed by atoms with E-state index < -0.39 is 6.16 Å². The van der Waals surface area contributed by atoms with E-state index >= 15 is 0 Å². The summed E-state index contributed by atoms with van der Waals surface area (Å²) in [6.45, 7) is 3.70. The summed E-state index contributed by atoms with van der Waals surface area (Å²) in [6, 6.07) is 0. The van der Waals surface area contributed by atoms with Gasteiger partial charge in [0.25, 0.3) is 0 Å². The summed E-state index contributed by atoms with van der Waals surface area (Å²) in [5.41, 5.74) is 0. The van der Waals surface area contributed by atoms with E-state index in [2.05, 4.69) is 0 Å². The highest BCUT2D eigenvalue weighted by Crippen LogP contribution is 1.98. The summed E-state index contributed by atoms with van der Waals surface area (Å²) in [5.74, 6) is 0. The molecule has 0 aliphatic carbocycles. The number of ether oxygens (including phenoxy) is 4. The van der Waals surface area contributed by atoms with Crippen molar-refractivity contribution in [3.05, 3.63) is 0 Å². The van der Waals surface area contributed by atoms with Crippen LogP contribution in [0.2, 0.25) is 0 Å². The van der Waals surface area contributed by atoms with Crippen LogP contribution in [0.5, 0.6) is 0 Å². The molecule has 0 unspecified atom stereocenters. The highest BCUT2D eigenvalue weighted by molar-refractivity contribution is 5.59. The third-order valence-electron chi connectivity index (χ3n) is 3.20. The van der Waals surface area contributed by atoms with Gasteiger partial charge in [0.15, 0.2) is 0 Å². The van der Waals surface area contributed by atoms with Gasteiger partial charge in [-0.2, -0.15) is 0 Å². The van der Waals surface area contributed by atoms with Gasteiger partial charge in [0.05, 0.1) is 13.2 Å². The first-order valence-electron chi connectivity index (χ1n) is 8.98. The van der Waals surface area contributed by atoms with Gasteiger partial charge in [0.1, 0.15) is 0 Å². The Morgan fingerprint density at radius 2 is 0.875 bits per heavy atom. The molecule has 0 aliphatic rings. The van der Waals surface area contributed by atoms with E-state index in [1.807, 2.05) is 0 Å². The Morgan fingerprint density at radius 1 is 0.542 bits per heavy atom. The molecule has 0 spiro atoms. The van der Waals surface area contributed by atoms with Crippen molar-refractivity contribution >= 4 is 6.16 Å². The Balaban J connectivity index is 3.13. The molecule has 0 rings (SSSR count). The quantitative estimate of drug-likeness (QED) is 0.289. The average Bonchev–Trinajstić information content (AvgIpc) is 2.59. The molecule has 7 heteroatoms. The highest BCUT2D eigenvalue weighted by atomic mass is 16.7. The van der Waals surface area contributed by atoms with Gasteiger partial charge in [-0.05, 0) is 51.4 Å². The molecular weight excluding hydrogens is 316 g/mol. The molecule has 0 aromatic rings. The molecule has 7 nitrogen and oxygen atoms in total. The second kappa shape index (κ2) is 20.2. The zero-order valence-electron chi connectivity index (χ0n) is 14.7. The molecule has 0 saturated heterocycles. The van der Waals surface area contributed by atoms with Crippen LogP contribution in [0.15, 0.2) is 0 Å². The van der Waals surface area contributed by atoms with Crippen LogP contribution in [-0.4, -0.2) is 69.2 Å². The zero-order chi connectivity index (χ0) is 17.7. The molecule has 144 valence electrons. The van der Waals surface area contributed by atoms with Gasteiger partial charge in [0.2, 0.25) is 0 Å². The van der Waals surface area contributed by atoms with Crippen molar-refractivity contribution in [2.24, 2.45) is 0 Å². The SMILES string of the molecule is O=C(OCCCCOCCCCO)OCCCCOCCCCO. The zero-order valence-corrected chi connectivity index (χ0v) is 14.7. The lowest BCUT2D eigenvalue weighted by Gasteiger charge is -2.07. The van der Waals surface area contributed by atoms with E-state index in [0.29, 0.717) is 39.6 Å². The van der Waals surface area contributed by atoms with E-state index in [1.165, 1.54) is 0 Å². The van der Waals surface area contributed by atoms with Crippen LogP contribution in [0, 0.1) is 0 Å². The Morgan fingerprint density at radius 3 is 1.25 bits per heavy atom. The minimum atomic E-state index is -0.622. The summed E-state index contributed by atoms with van der Waals surface area (Å²) < 4.78 is 20.6. The first kappa shape index (κ1) is 23.1. The van der Waals surface area contributed by atoms with E-state index in [-0.39, 0.29) is 13.2 Å². The highest BCUT2D eigenvalue weighted by Gasteiger charge is 2.03. The van der Waals surface area contributed by atoms with Crippen LogP contribution in [0.1, 0.15) is 51.4 Å².